The van der Waals surface area contributed by atoms with E-state index in [-0.39, 0.29) is 5.57 Å². The number of amides is 1. The lowest BCUT2D eigenvalue weighted by Gasteiger charge is -2.37. The largest absolute Gasteiger partial charge is 0.480 e. The summed E-state index contributed by atoms with van der Waals surface area (Å²) in [6.07, 6.45) is 1.43. The SMILES string of the molecule is CC=C1C(=O)N2C(C(=O)O)C(C)(C)S(=O)(=O)C12. The van der Waals surface area contributed by atoms with Gasteiger partial charge in [0.1, 0.15) is 4.75 Å². The number of carbonyl (C=O) groups excluding carboxylic acids is 1. The molecule has 6 nitrogen and oxygen atoms in total. The first-order valence-corrected chi connectivity index (χ1v) is 6.67. The highest BCUT2D eigenvalue weighted by Gasteiger charge is 2.70. The second kappa shape index (κ2) is 3.10. The van der Waals surface area contributed by atoms with Gasteiger partial charge in [0.15, 0.2) is 21.3 Å². The van der Waals surface area contributed by atoms with Gasteiger partial charge in [-0.2, -0.15) is 0 Å². The van der Waals surface area contributed by atoms with Gasteiger partial charge in [0, 0.05) is 0 Å². The number of nitrogens with zero attached hydrogens (tertiary/aromatic N) is 1. The minimum atomic E-state index is -3.70. The second-order valence-electron chi connectivity index (χ2n) is 4.70. The van der Waals surface area contributed by atoms with Crippen LogP contribution in [0.4, 0.5) is 0 Å². The summed E-state index contributed by atoms with van der Waals surface area (Å²) in [7, 11) is -3.70. The number of fused-ring (bicyclic) bond motifs is 1. The number of sulfone groups is 1. The van der Waals surface area contributed by atoms with Gasteiger partial charge in [0.05, 0.1) is 5.57 Å². The predicted octanol–water partition coefficient (Wildman–Crippen LogP) is -0.239. The van der Waals surface area contributed by atoms with E-state index in [9.17, 15) is 18.0 Å². The van der Waals surface area contributed by atoms with Gasteiger partial charge in [0.25, 0.3) is 5.91 Å². The summed E-state index contributed by atoms with van der Waals surface area (Å²) in [5, 5.41) is 8.02. The molecule has 0 aromatic carbocycles. The van der Waals surface area contributed by atoms with E-state index in [1.54, 1.807) is 6.92 Å². The predicted molar refractivity (Wildman–Crippen MR) is 58.8 cm³/mol. The van der Waals surface area contributed by atoms with Crippen molar-refractivity contribution in [2.24, 2.45) is 0 Å². The molecule has 0 bridgehead atoms. The molecule has 2 saturated heterocycles. The summed E-state index contributed by atoms with van der Waals surface area (Å²) in [5.41, 5.74) is 0.168. The lowest BCUT2D eigenvalue weighted by Crippen LogP contribution is -2.58. The maximum atomic E-state index is 12.2. The zero-order valence-electron chi connectivity index (χ0n) is 9.67. The van der Waals surface area contributed by atoms with Gasteiger partial charge in [-0.15, -0.1) is 0 Å². The number of aliphatic carboxylic acids is 1. The summed E-state index contributed by atoms with van der Waals surface area (Å²) in [6, 6.07) is -1.31. The average molecular weight is 259 g/mol. The fraction of sp³-hybridized carbons (Fsp3) is 0.600. The lowest BCUT2D eigenvalue weighted by atomic mass is 9.96. The molecule has 1 N–H and O–H groups in total. The Balaban J connectivity index is 2.64. The molecule has 2 rings (SSSR count). The van der Waals surface area contributed by atoms with Crippen LogP contribution in [0, 0.1) is 0 Å². The Morgan fingerprint density at radius 3 is 2.41 bits per heavy atom. The molecule has 2 atom stereocenters. The Morgan fingerprint density at radius 2 is 2.00 bits per heavy atom. The quantitative estimate of drug-likeness (QED) is 0.518. The van der Waals surface area contributed by atoms with Crippen molar-refractivity contribution in [3.8, 4) is 0 Å². The molecule has 2 heterocycles. The van der Waals surface area contributed by atoms with Crippen LogP contribution in [0.2, 0.25) is 0 Å². The van der Waals surface area contributed by atoms with Crippen molar-refractivity contribution >= 4 is 21.7 Å². The minimum Gasteiger partial charge on any atom is -0.480 e. The first-order chi connectivity index (χ1) is 7.67. The van der Waals surface area contributed by atoms with Crippen LogP contribution < -0.4 is 0 Å². The highest BCUT2D eigenvalue weighted by molar-refractivity contribution is 7.94. The highest BCUT2D eigenvalue weighted by atomic mass is 32.2. The smallest absolute Gasteiger partial charge is 0.328 e. The number of hydrogen-bond donors (Lipinski definition) is 1. The van der Waals surface area contributed by atoms with Crippen molar-refractivity contribution in [3.63, 3.8) is 0 Å². The molecule has 2 unspecified atom stereocenters. The molecule has 1 amide bonds. The van der Waals surface area contributed by atoms with Crippen LogP contribution in [0.3, 0.4) is 0 Å². The average Bonchev–Trinajstić information content (AvgIpc) is 2.32. The molecule has 17 heavy (non-hydrogen) atoms. The maximum absolute atomic E-state index is 12.2. The summed E-state index contributed by atoms with van der Waals surface area (Å²) < 4.78 is 22.9. The molecule has 0 aliphatic carbocycles. The van der Waals surface area contributed by atoms with Crippen LogP contribution in [0.1, 0.15) is 20.8 Å². The van der Waals surface area contributed by atoms with Crippen molar-refractivity contribution in [3.05, 3.63) is 11.6 Å². The standard InChI is InChI=1S/C10H13NO5S/c1-4-5-7(12)11-6(9(13)14)10(2,3)17(15,16)8(5)11/h4,6,8H,1-3H3,(H,13,14). The minimum absolute atomic E-state index is 0.168. The molecule has 7 heteroatoms. The number of rotatable bonds is 1. The third kappa shape index (κ3) is 1.12. The number of allylic oxidation sites excluding steroid dienone is 1. The monoisotopic (exact) mass is 259 g/mol. The topological polar surface area (TPSA) is 91.8 Å². The van der Waals surface area contributed by atoms with Gasteiger partial charge in [-0.1, -0.05) is 6.08 Å². The van der Waals surface area contributed by atoms with Gasteiger partial charge in [-0.3, -0.25) is 4.79 Å². The van der Waals surface area contributed by atoms with Crippen molar-refractivity contribution in [2.75, 3.05) is 0 Å². The number of hydrogen-bond acceptors (Lipinski definition) is 4. The highest BCUT2D eigenvalue weighted by Crippen LogP contribution is 2.48. The number of carboxylic acids is 1. The summed E-state index contributed by atoms with van der Waals surface area (Å²) in [5.74, 6) is -1.79. The first-order valence-electron chi connectivity index (χ1n) is 5.13. The lowest BCUT2D eigenvalue weighted by molar-refractivity contribution is -0.152. The zero-order valence-corrected chi connectivity index (χ0v) is 10.5. The summed E-state index contributed by atoms with van der Waals surface area (Å²) in [6.45, 7) is 4.27. The number of carboxylic acid groups (broad SMARTS) is 1. The number of carbonyl (C=O) groups is 2. The molecule has 2 aliphatic rings. The van der Waals surface area contributed by atoms with Crippen molar-refractivity contribution in [2.45, 2.75) is 36.9 Å². The van der Waals surface area contributed by atoms with Gasteiger partial charge in [-0.05, 0) is 20.8 Å². The maximum Gasteiger partial charge on any atom is 0.328 e. The van der Waals surface area contributed by atoms with Crippen LogP contribution in [-0.4, -0.2) is 46.5 Å². The van der Waals surface area contributed by atoms with Crippen LogP contribution in [0.5, 0.6) is 0 Å². The first kappa shape index (κ1) is 12.1. The van der Waals surface area contributed by atoms with E-state index in [4.69, 9.17) is 5.11 Å². The Morgan fingerprint density at radius 1 is 1.47 bits per heavy atom. The Labute approximate surface area is 98.8 Å². The van der Waals surface area contributed by atoms with E-state index in [1.165, 1.54) is 19.9 Å². The zero-order chi connectivity index (χ0) is 13.2. The Kier molecular flexibility index (Phi) is 2.20. The third-order valence-electron chi connectivity index (χ3n) is 3.51. The molecule has 0 radical (unpaired) electrons. The van der Waals surface area contributed by atoms with Crippen molar-refractivity contribution < 1.29 is 23.1 Å². The fourth-order valence-electron chi connectivity index (χ4n) is 2.47. The van der Waals surface area contributed by atoms with Crippen molar-refractivity contribution in [1.29, 1.82) is 0 Å². The molecular weight excluding hydrogens is 246 g/mol. The molecule has 0 aromatic rings. The van der Waals surface area contributed by atoms with E-state index in [0.717, 1.165) is 4.90 Å². The van der Waals surface area contributed by atoms with E-state index in [0.29, 0.717) is 0 Å². The summed E-state index contributed by atoms with van der Waals surface area (Å²) in [4.78, 5) is 23.8. The van der Waals surface area contributed by atoms with E-state index in [1.807, 2.05) is 0 Å². The van der Waals surface area contributed by atoms with Gasteiger partial charge in [-0.25, -0.2) is 13.2 Å². The van der Waals surface area contributed by atoms with Crippen molar-refractivity contribution in [1.82, 2.24) is 4.90 Å². The van der Waals surface area contributed by atoms with Crippen LogP contribution in [0.25, 0.3) is 0 Å². The third-order valence-corrected chi connectivity index (χ3v) is 6.27. The van der Waals surface area contributed by atoms with Gasteiger partial charge < -0.3 is 10.0 Å². The fourth-order valence-corrected chi connectivity index (χ4v) is 4.66. The van der Waals surface area contributed by atoms with E-state index < -0.39 is 37.9 Å². The molecule has 0 aromatic heterocycles. The summed E-state index contributed by atoms with van der Waals surface area (Å²) >= 11 is 0. The molecule has 2 fully saturated rings. The van der Waals surface area contributed by atoms with E-state index >= 15 is 0 Å². The molecule has 0 spiro atoms. The van der Waals surface area contributed by atoms with Crippen LogP contribution >= 0.6 is 0 Å². The molecular formula is C10H13NO5S. The molecule has 0 saturated carbocycles. The Hall–Kier alpha value is -1.37. The Bertz CT molecular complexity index is 545. The van der Waals surface area contributed by atoms with Crippen LogP contribution in [0.15, 0.2) is 11.6 Å². The normalized spacial score (nSPS) is 35.6. The van der Waals surface area contributed by atoms with E-state index in [2.05, 4.69) is 0 Å². The van der Waals surface area contributed by atoms with Crippen LogP contribution in [-0.2, 0) is 19.4 Å². The number of β-lactam (4-membered cyclic amide) rings is 1. The van der Waals surface area contributed by atoms with Gasteiger partial charge >= 0.3 is 5.97 Å². The molecule has 2 aliphatic heterocycles. The molecule has 94 valence electrons. The second-order valence-corrected chi connectivity index (χ2v) is 7.29. The van der Waals surface area contributed by atoms with Gasteiger partial charge in [0.2, 0.25) is 0 Å².